The Morgan fingerprint density at radius 3 is 2.93 bits per heavy atom. The second-order valence-electron chi connectivity index (χ2n) is 6.27. The highest BCUT2D eigenvalue weighted by molar-refractivity contribution is 7.13. The van der Waals surface area contributed by atoms with Crippen molar-refractivity contribution in [2.75, 3.05) is 43.1 Å². The molecule has 1 aliphatic heterocycles. The molecule has 2 N–H and O–H groups in total. The Morgan fingerprint density at radius 2 is 2.15 bits per heavy atom. The third kappa shape index (κ3) is 5.70. The van der Waals surface area contributed by atoms with Gasteiger partial charge in [-0.1, -0.05) is 18.7 Å². The van der Waals surface area contributed by atoms with Crippen molar-refractivity contribution in [1.29, 1.82) is 0 Å². The summed E-state index contributed by atoms with van der Waals surface area (Å²) in [5.74, 6) is 0.610. The number of amides is 2. The van der Waals surface area contributed by atoms with Crippen molar-refractivity contribution in [3.63, 3.8) is 0 Å². The monoisotopic (exact) mass is 388 g/mol. The number of nitrogens with one attached hydrogen (secondary N) is 2. The molecule has 2 aromatic rings. The number of nitrogens with zero attached hydrogens (tertiary/aromatic N) is 2. The van der Waals surface area contributed by atoms with Crippen molar-refractivity contribution >= 4 is 28.2 Å². The van der Waals surface area contributed by atoms with Gasteiger partial charge < -0.3 is 25.0 Å². The van der Waals surface area contributed by atoms with E-state index in [2.05, 4.69) is 27.1 Å². The van der Waals surface area contributed by atoms with Crippen LogP contribution in [0.15, 0.2) is 41.8 Å². The number of benzene rings is 1. The van der Waals surface area contributed by atoms with Crippen molar-refractivity contribution in [2.45, 2.75) is 13.5 Å². The summed E-state index contributed by atoms with van der Waals surface area (Å²) in [5, 5.41) is 8.59. The fourth-order valence-electron chi connectivity index (χ4n) is 2.51. The lowest BCUT2D eigenvalue weighted by Gasteiger charge is -2.26. The first-order chi connectivity index (χ1) is 13.1. The zero-order valence-electron chi connectivity index (χ0n) is 15.4. The third-order valence-corrected chi connectivity index (χ3v) is 4.81. The van der Waals surface area contributed by atoms with Gasteiger partial charge in [0.2, 0.25) is 0 Å². The Labute approximate surface area is 163 Å². The van der Waals surface area contributed by atoms with E-state index in [1.165, 1.54) is 0 Å². The van der Waals surface area contributed by atoms with Crippen molar-refractivity contribution in [2.24, 2.45) is 0 Å². The van der Waals surface area contributed by atoms with E-state index in [1.807, 2.05) is 30.5 Å². The predicted molar refractivity (Wildman–Crippen MR) is 108 cm³/mol. The van der Waals surface area contributed by atoms with E-state index in [4.69, 9.17) is 9.47 Å². The minimum atomic E-state index is -0.303. The Balaban J connectivity index is 1.51. The lowest BCUT2D eigenvalue weighted by atomic mass is 10.3. The fourth-order valence-corrected chi connectivity index (χ4v) is 3.39. The molecule has 144 valence electrons. The van der Waals surface area contributed by atoms with E-state index in [0.29, 0.717) is 24.6 Å². The van der Waals surface area contributed by atoms with Crippen molar-refractivity contribution in [1.82, 2.24) is 10.3 Å². The maximum Gasteiger partial charge on any atom is 0.319 e. The normalized spacial score (nSPS) is 13.9. The van der Waals surface area contributed by atoms with Crippen LogP contribution in [0.5, 0.6) is 5.75 Å². The van der Waals surface area contributed by atoms with Gasteiger partial charge >= 0.3 is 6.03 Å². The number of thiazole rings is 1. The zero-order chi connectivity index (χ0) is 19.1. The molecule has 1 aromatic heterocycles. The van der Waals surface area contributed by atoms with Crippen LogP contribution in [-0.4, -0.2) is 43.9 Å². The number of anilines is 2. The Bertz CT molecular complexity index is 787. The molecule has 0 atom stereocenters. The van der Waals surface area contributed by atoms with Gasteiger partial charge in [-0.2, -0.15) is 0 Å². The molecule has 0 unspecified atom stereocenters. The molecule has 0 radical (unpaired) electrons. The van der Waals surface area contributed by atoms with Gasteiger partial charge in [0, 0.05) is 18.5 Å². The van der Waals surface area contributed by atoms with Crippen LogP contribution in [0.2, 0.25) is 0 Å². The van der Waals surface area contributed by atoms with Crippen LogP contribution in [0.25, 0.3) is 0 Å². The number of para-hydroxylation sites is 2. The first-order valence-corrected chi connectivity index (χ1v) is 9.68. The van der Waals surface area contributed by atoms with Gasteiger partial charge in [-0.3, -0.25) is 0 Å². The standard InChI is InChI=1S/C19H24N4O3S/c1-14(2)12-26-17-6-4-3-5-16(17)22-18(24)20-11-15-13-27-19(21-15)23-7-9-25-10-8-23/h3-6,13H,1,7-12H2,2H3,(H2,20,22,24). The number of carbonyl (C=O) groups excluding carboxylic acids is 1. The molecule has 1 aliphatic rings. The lowest BCUT2D eigenvalue weighted by molar-refractivity contribution is 0.122. The number of urea groups is 1. The molecule has 1 fully saturated rings. The van der Waals surface area contributed by atoms with Gasteiger partial charge in [-0.15, -0.1) is 11.3 Å². The summed E-state index contributed by atoms with van der Waals surface area (Å²) in [6.45, 7) is 9.63. The maximum atomic E-state index is 12.2. The average molecular weight is 388 g/mol. The molecule has 0 saturated carbocycles. The van der Waals surface area contributed by atoms with E-state index in [-0.39, 0.29) is 6.03 Å². The van der Waals surface area contributed by atoms with Crippen molar-refractivity contribution in [3.05, 3.63) is 47.5 Å². The van der Waals surface area contributed by atoms with Crippen LogP contribution in [-0.2, 0) is 11.3 Å². The highest BCUT2D eigenvalue weighted by Crippen LogP contribution is 2.24. The first kappa shape index (κ1) is 19.2. The quantitative estimate of drug-likeness (QED) is 0.712. The number of rotatable bonds is 7. The van der Waals surface area contributed by atoms with Gasteiger partial charge in [0.25, 0.3) is 0 Å². The summed E-state index contributed by atoms with van der Waals surface area (Å²) in [5.41, 5.74) is 2.36. The van der Waals surface area contributed by atoms with Crippen LogP contribution < -0.4 is 20.3 Å². The largest absolute Gasteiger partial charge is 0.487 e. The van der Waals surface area contributed by atoms with Gasteiger partial charge in [-0.25, -0.2) is 9.78 Å². The molecule has 0 aliphatic carbocycles. The molecule has 2 heterocycles. The van der Waals surface area contributed by atoms with Crippen LogP contribution >= 0.6 is 11.3 Å². The molecule has 0 bridgehead atoms. The van der Waals surface area contributed by atoms with Crippen LogP contribution in [0.3, 0.4) is 0 Å². The van der Waals surface area contributed by atoms with E-state index in [9.17, 15) is 4.79 Å². The number of carbonyl (C=O) groups is 1. The van der Waals surface area contributed by atoms with E-state index in [0.717, 1.165) is 42.7 Å². The highest BCUT2D eigenvalue weighted by atomic mass is 32.1. The molecular formula is C19H24N4O3S. The molecule has 7 nitrogen and oxygen atoms in total. The Hall–Kier alpha value is -2.58. The molecule has 2 amide bonds. The number of aromatic nitrogens is 1. The molecule has 8 heteroatoms. The topological polar surface area (TPSA) is 75.7 Å². The smallest absolute Gasteiger partial charge is 0.319 e. The molecule has 0 spiro atoms. The van der Waals surface area contributed by atoms with E-state index < -0.39 is 0 Å². The summed E-state index contributed by atoms with van der Waals surface area (Å²) in [7, 11) is 0. The Morgan fingerprint density at radius 1 is 1.37 bits per heavy atom. The summed E-state index contributed by atoms with van der Waals surface area (Å²) < 4.78 is 11.0. The number of hydrogen-bond donors (Lipinski definition) is 2. The third-order valence-electron chi connectivity index (χ3n) is 3.86. The van der Waals surface area contributed by atoms with Crippen LogP contribution in [0.4, 0.5) is 15.6 Å². The minimum absolute atomic E-state index is 0.303. The minimum Gasteiger partial charge on any atom is -0.487 e. The van der Waals surface area contributed by atoms with Crippen molar-refractivity contribution in [3.8, 4) is 5.75 Å². The molecular weight excluding hydrogens is 364 g/mol. The molecule has 1 saturated heterocycles. The number of morpholine rings is 1. The van der Waals surface area contributed by atoms with Crippen LogP contribution in [0, 0.1) is 0 Å². The highest BCUT2D eigenvalue weighted by Gasteiger charge is 2.15. The van der Waals surface area contributed by atoms with Gasteiger partial charge in [0.1, 0.15) is 12.4 Å². The van der Waals surface area contributed by atoms with Gasteiger partial charge in [0.15, 0.2) is 5.13 Å². The first-order valence-electron chi connectivity index (χ1n) is 8.80. The number of ether oxygens (including phenoxy) is 2. The second kappa shape index (κ2) is 9.38. The van der Waals surface area contributed by atoms with E-state index in [1.54, 1.807) is 17.4 Å². The SMILES string of the molecule is C=C(C)COc1ccccc1NC(=O)NCc1csc(N2CCOCC2)n1. The molecule has 27 heavy (non-hydrogen) atoms. The predicted octanol–water partition coefficient (Wildman–Crippen LogP) is 3.26. The average Bonchev–Trinajstić information content (AvgIpc) is 3.15. The summed E-state index contributed by atoms with van der Waals surface area (Å²) in [4.78, 5) is 19.0. The summed E-state index contributed by atoms with van der Waals surface area (Å²) in [6.07, 6.45) is 0. The van der Waals surface area contributed by atoms with Crippen molar-refractivity contribution < 1.29 is 14.3 Å². The molecule has 1 aromatic carbocycles. The van der Waals surface area contributed by atoms with Gasteiger partial charge in [-0.05, 0) is 24.6 Å². The van der Waals surface area contributed by atoms with Gasteiger partial charge in [0.05, 0.1) is 31.1 Å². The maximum absolute atomic E-state index is 12.2. The Kier molecular flexibility index (Phi) is 6.67. The second-order valence-corrected chi connectivity index (χ2v) is 7.11. The lowest BCUT2D eigenvalue weighted by Crippen LogP contribution is -2.36. The summed E-state index contributed by atoms with van der Waals surface area (Å²) in [6, 6.07) is 7.01. The fraction of sp³-hybridized carbons (Fsp3) is 0.368. The zero-order valence-corrected chi connectivity index (χ0v) is 16.2. The number of hydrogen-bond acceptors (Lipinski definition) is 6. The van der Waals surface area contributed by atoms with Crippen LogP contribution in [0.1, 0.15) is 12.6 Å². The van der Waals surface area contributed by atoms with E-state index >= 15 is 0 Å². The molecule has 3 rings (SSSR count). The summed E-state index contributed by atoms with van der Waals surface area (Å²) >= 11 is 1.58.